The second kappa shape index (κ2) is 11.7. The number of allylic oxidation sites excluding steroid dienone is 4. The van der Waals surface area contributed by atoms with Crippen molar-refractivity contribution in [3.63, 3.8) is 0 Å². The largest absolute Gasteiger partial charge is 0.385 e. The molecule has 0 bridgehead atoms. The minimum absolute atomic E-state index is 0.0268. The molecular weight excluding hydrogens is 609 g/mol. The molecule has 0 spiro atoms. The Bertz CT molecular complexity index is 1590. The SMILES string of the molecule is COCCCN1C2=C(C(=O)CC(C)(C)C2)C(c2cc(Cl)cc(Cl)c2OS(=O)(=O)c2ccccc2)C2=C1CC(C)(C)CC2=O. The van der Waals surface area contributed by atoms with Crippen LogP contribution in [0.1, 0.15) is 71.3 Å². The fraction of sp³-hybridized carbons (Fsp3) is 0.455. The maximum atomic E-state index is 14.1. The molecule has 0 atom stereocenters. The summed E-state index contributed by atoms with van der Waals surface area (Å²) in [5.74, 6) is -1.20. The van der Waals surface area contributed by atoms with Gasteiger partial charge in [0, 0.05) is 72.1 Å². The molecule has 0 aromatic heterocycles. The lowest BCUT2D eigenvalue weighted by atomic mass is 9.63. The third-order valence-corrected chi connectivity index (χ3v) is 10.1. The number of ketones is 2. The Morgan fingerprint density at radius 2 is 1.44 bits per heavy atom. The van der Waals surface area contributed by atoms with E-state index in [0.717, 1.165) is 11.4 Å². The van der Waals surface area contributed by atoms with Gasteiger partial charge in [-0.15, -0.1) is 0 Å². The van der Waals surface area contributed by atoms with E-state index in [4.69, 9.17) is 32.1 Å². The van der Waals surface area contributed by atoms with Crippen molar-refractivity contribution in [1.82, 2.24) is 4.90 Å². The van der Waals surface area contributed by atoms with E-state index < -0.39 is 16.0 Å². The van der Waals surface area contributed by atoms with Gasteiger partial charge in [-0.2, -0.15) is 8.42 Å². The summed E-state index contributed by atoms with van der Waals surface area (Å²) in [5, 5.41) is 0.212. The lowest BCUT2D eigenvalue weighted by molar-refractivity contribution is -0.119. The minimum Gasteiger partial charge on any atom is -0.385 e. The van der Waals surface area contributed by atoms with Crippen LogP contribution in [-0.4, -0.2) is 45.1 Å². The van der Waals surface area contributed by atoms with Gasteiger partial charge in [0.15, 0.2) is 17.3 Å². The molecule has 0 fully saturated rings. The summed E-state index contributed by atoms with van der Waals surface area (Å²) in [6.07, 6.45) is 2.48. The Labute approximate surface area is 264 Å². The van der Waals surface area contributed by atoms with Crippen LogP contribution in [0.2, 0.25) is 10.0 Å². The number of carbonyl (C=O) groups is 2. The summed E-state index contributed by atoms with van der Waals surface area (Å²) in [6, 6.07) is 10.7. The number of carbonyl (C=O) groups excluding carboxylic acids is 2. The van der Waals surface area contributed by atoms with Crippen molar-refractivity contribution in [2.45, 2.75) is 70.6 Å². The molecule has 2 aromatic carbocycles. The molecule has 0 amide bonds. The number of benzene rings is 2. The van der Waals surface area contributed by atoms with Crippen LogP contribution >= 0.6 is 23.2 Å². The first kappa shape index (κ1) is 31.8. The van der Waals surface area contributed by atoms with Crippen LogP contribution in [0.25, 0.3) is 0 Å². The molecule has 230 valence electrons. The molecule has 5 rings (SSSR count). The highest BCUT2D eigenvalue weighted by Gasteiger charge is 2.50. The van der Waals surface area contributed by atoms with E-state index >= 15 is 0 Å². The molecule has 43 heavy (non-hydrogen) atoms. The first-order valence-corrected chi connectivity index (χ1v) is 16.6. The van der Waals surface area contributed by atoms with Crippen molar-refractivity contribution < 1.29 is 26.9 Å². The second-order valence-electron chi connectivity index (χ2n) is 13.2. The highest BCUT2D eigenvalue weighted by atomic mass is 35.5. The summed E-state index contributed by atoms with van der Waals surface area (Å²) in [6.45, 7) is 9.36. The molecule has 2 aromatic rings. The Balaban J connectivity index is 1.78. The van der Waals surface area contributed by atoms with E-state index in [1.165, 1.54) is 18.2 Å². The summed E-state index contributed by atoms with van der Waals surface area (Å²) >= 11 is 13.2. The molecular formula is C33H37Cl2NO6S. The van der Waals surface area contributed by atoms with Crippen molar-refractivity contribution >= 4 is 44.9 Å². The molecule has 2 aliphatic carbocycles. The van der Waals surface area contributed by atoms with E-state index in [0.29, 0.717) is 43.6 Å². The van der Waals surface area contributed by atoms with Gasteiger partial charge in [-0.3, -0.25) is 9.59 Å². The van der Waals surface area contributed by atoms with Crippen molar-refractivity contribution in [1.29, 1.82) is 0 Å². The van der Waals surface area contributed by atoms with Gasteiger partial charge >= 0.3 is 10.1 Å². The number of methoxy groups -OCH3 is 1. The predicted octanol–water partition coefficient (Wildman–Crippen LogP) is 7.48. The maximum absolute atomic E-state index is 14.1. The van der Waals surface area contributed by atoms with Crippen LogP contribution in [0, 0.1) is 10.8 Å². The lowest BCUT2D eigenvalue weighted by Gasteiger charge is -2.49. The number of ether oxygens (including phenoxy) is 1. The Morgan fingerprint density at radius 3 is 1.98 bits per heavy atom. The van der Waals surface area contributed by atoms with E-state index in [2.05, 4.69) is 32.6 Å². The lowest BCUT2D eigenvalue weighted by Crippen LogP contribution is -2.45. The monoisotopic (exact) mass is 645 g/mol. The third-order valence-electron chi connectivity index (χ3n) is 8.33. The Kier molecular flexibility index (Phi) is 8.64. The summed E-state index contributed by atoms with van der Waals surface area (Å²) in [5.41, 5.74) is 2.31. The zero-order chi connectivity index (χ0) is 31.3. The highest BCUT2D eigenvalue weighted by molar-refractivity contribution is 7.87. The van der Waals surface area contributed by atoms with Crippen molar-refractivity contribution in [2.75, 3.05) is 20.3 Å². The summed E-state index contributed by atoms with van der Waals surface area (Å²) in [7, 11) is -2.66. The number of hydrogen-bond acceptors (Lipinski definition) is 7. The normalized spacial score (nSPS) is 20.3. The van der Waals surface area contributed by atoms with E-state index in [1.54, 1.807) is 31.4 Å². The van der Waals surface area contributed by atoms with Crippen LogP contribution in [0.15, 0.2) is 69.9 Å². The molecule has 0 saturated carbocycles. The smallest absolute Gasteiger partial charge is 0.339 e. The van der Waals surface area contributed by atoms with Gasteiger partial charge < -0.3 is 13.8 Å². The van der Waals surface area contributed by atoms with Gasteiger partial charge in [-0.05, 0) is 54.4 Å². The zero-order valence-corrected chi connectivity index (χ0v) is 27.5. The third kappa shape index (κ3) is 6.30. The first-order valence-electron chi connectivity index (χ1n) is 14.4. The maximum Gasteiger partial charge on any atom is 0.339 e. The van der Waals surface area contributed by atoms with Crippen LogP contribution in [0.4, 0.5) is 0 Å². The van der Waals surface area contributed by atoms with E-state index in [9.17, 15) is 18.0 Å². The second-order valence-corrected chi connectivity index (χ2v) is 15.6. The molecule has 0 saturated heterocycles. The topological polar surface area (TPSA) is 90.0 Å². The van der Waals surface area contributed by atoms with Crippen molar-refractivity contribution in [2.24, 2.45) is 10.8 Å². The van der Waals surface area contributed by atoms with Gasteiger partial charge in [0.1, 0.15) is 4.90 Å². The van der Waals surface area contributed by atoms with Gasteiger partial charge in [0.05, 0.1) is 5.02 Å². The molecule has 7 nitrogen and oxygen atoms in total. The predicted molar refractivity (Wildman–Crippen MR) is 167 cm³/mol. The van der Waals surface area contributed by atoms with Crippen LogP contribution < -0.4 is 4.18 Å². The molecule has 0 unspecified atom stereocenters. The van der Waals surface area contributed by atoms with Gasteiger partial charge in [-0.1, -0.05) is 69.1 Å². The molecule has 1 heterocycles. The summed E-state index contributed by atoms with van der Waals surface area (Å²) < 4.78 is 38.0. The van der Waals surface area contributed by atoms with E-state index in [1.807, 2.05) is 0 Å². The molecule has 3 aliphatic rings. The molecule has 0 radical (unpaired) electrons. The molecule has 0 N–H and O–H groups in total. The average molecular weight is 647 g/mol. The standard InChI is InChI=1S/C33H37Cl2NO6S/c1-32(2)16-24-29(26(37)18-32)28(30-25(36(24)12-9-13-41-5)17-33(3,4)19-27(30)38)22-14-20(34)15-23(35)31(22)42-43(39,40)21-10-7-6-8-11-21/h6-8,10-11,14-15,28H,9,12-13,16-19H2,1-5H3. The summed E-state index contributed by atoms with van der Waals surface area (Å²) in [4.78, 5) is 30.4. The Hall–Kier alpha value is -2.65. The fourth-order valence-corrected chi connectivity index (χ4v) is 8.21. The first-order chi connectivity index (χ1) is 20.1. The number of rotatable bonds is 8. The van der Waals surface area contributed by atoms with Crippen molar-refractivity contribution in [3.05, 3.63) is 80.6 Å². The average Bonchev–Trinajstić information content (AvgIpc) is 2.89. The number of nitrogens with zero attached hydrogens (tertiary/aromatic N) is 1. The fourth-order valence-electron chi connectivity index (χ4n) is 6.62. The van der Waals surface area contributed by atoms with Crippen LogP contribution in [0.5, 0.6) is 5.75 Å². The van der Waals surface area contributed by atoms with Crippen LogP contribution in [-0.2, 0) is 24.4 Å². The van der Waals surface area contributed by atoms with Gasteiger partial charge in [0.25, 0.3) is 0 Å². The van der Waals surface area contributed by atoms with E-state index in [-0.39, 0.29) is 61.5 Å². The highest BCUT2D eigenvalue weighted by Crippen LogP contribution is 2.56. The minimum atomic E-state index is -4.31. The Morgan fingerprint density at radius 1 is 0.884 bits per heavy atom. The van der Waals surface area contributed by atoms with Crippen LogP contribution in [0.3, 0.4) is 0 Å². The van der Waals surface area contributed by atoms with Gasteiger partial charge in [-0.25, -0.2) is 0 Å². The van der Waals surface area contributed by atoms with Crippen molar-refractivity contribution in [3.8, 4) is 5.75 Å². The van der Waals surface area contributed by atoms with Gasteiger partial charge in [0.2, 0.25) is 0 Å². The number of Topliss-reactive ketones (excluding diaryl/α,β-unsaturated/α-hetero) is 2. The number of hydrogen-bond donors (Lipinski definition) is 0. The molecule has 10 heteroatoms. The quantitative estimate of drug-likeness (QED) is 0.217. The number of halogens is 2. The zero-order valence-electron chi connectivity index (χ0n) is 25.1. The molecule has 1 aliphatic heterocycles.